The monoisotopic (exact) mass is 750 g/mol. The molecule has 8 rings (SSSR count). The van der Waals surface area contributed by atoms with Gasteiger partial charge in [0.2, 0.25) is 11.8 Å². The van der Waals surface area contributed by atoms with E-state index in [1.165, 1.54) is 0 Å². The molecule has 2 N–H and O–H groups in total. The van der Waals surface area contributed by atoms with E-state index in [-0.39, 0.29) is 11.8 Å². The Morgan fingerprint density at radius 2 is 0.929 bits per heavy atom. The second kappa shape index (κ2) is 16.0. The second-order valence-corrected chi connectivity index (χ2v) is 14.6. The summed E-state index contributed by atoms with van der Waals surface area (Å²) in [7, 11) is 7.66. The van der Waals surface area contributed by atoms with Gasteiger partial charge in [-0.25, -0.2) is 9.97 Å². The lowest BCUT2D eigenvalue weighted by Gasteiger charge is -2.30. The number of nitrogens with one attached hydrogen (secondary N) is 2. The fourth-order valence-corrected chi connectivity index (χ4v) is 7.65. The minimum absolute atomic E-state index is 0.0243. The van der Waals surface area contributed by atoms with Crippen LogP contribution in [0.3, 0.4) is 0 Å². The highest BCUT2D eigenvalue weighted by Crippen LogP contribution is 2.34. The van der Waals surface area contributed by atoms with Gasteiger partial charge >= 0.3 is 0 Å². The summed E-state index contributed by atoms with van der Waals surface area (Å²) in [4.78, 5) is 51.2. The van der Waals surface area contributed by atoms with Crippen molar-refractivity contribution in [2.24, 2.45) is 0 Å². The number of carbonyl (C=O) groups is 2. The Morgan fingerprint density at radius 1 is 0.571 bits per heavy atom. The van der Waals surface area contributed by atoms with Crippen LogP contribution in [-0.4, -0.2) is 106 Å². The number of rotatable bonds is 11. The summed E-state index contributed by atoms with van der Waals surface area (Å²) in [6.07, 6.45) is 2.40. The van der Waals surface area contributed by atoms with Gasteiger partial charge in [-0.05, 0) is 61.6 Å². The van der Waals surface area contributed by atoms with Crippen molar-refractivity contribution in [1.82, 2.24) is 39.5 Å². The van der Waals surface area contributed by atoms with Crippen LogP contribution in [0.25, 0.3) is 33.6 Å². The quantitative estimate of drug-likeness (QED) is 0.155. The van der Waals surface area contributed by atoms with Crippen LogP contribution < -0.4 is 0 Å². The first-order valence-corrected chi connectivity index (χ1v) is 18.8. The van der Waals surface area contributed by atoms with Crippen molar-refractivity contribution in [2.45, 2.75) is 24.5 Å². The maximum atomic E-state index is 13.8. The summed E-state index contributed by atoms with van der Waals surface area (Å²) in [5, 5.41) is 0. The Hall–Kier alpha value is -5.92. The molecule has 12 heteroatoms. The SMILES string of the molecule is CN(C)[C@@H](C(=O)N1CCO[C@H]1c1ncc(-c2ccc(-c3ccc(-c4cnc([C@@H]5OCCN5C(=O)[C@@H](c5ccccc5)N(C)C)[nH]4)cc3)cc2)[nH]1)c1ccccc1. The van der Waals surface area contributed by atoms with Gasteiger partial charge in [-0.15, -0.1) is 0 Å². The third-order valence-electron chi connectivity index (χ3n) is 10.5. The summed E-state index contributed by atoms with van der Waals surface area (Å²) in [6.45, 7) is 1.87. The molecule has 0 unspecified atom stereocenters. The fourth-order valence-electron chi connectivity index (χ4n) is 7.65. The topological polar surface area (TPSA) is 123 Å². The number of hydrogen-bond acceptors (Lipinski definition) is 8. The largest absolute Gasteiger partial charge is 0.349 e. The standard InChI is InChI=1S/C44H46N8O4/c1-49(2)37(33-11-7-5-8-12-33)41(53)51-23-25-55-43(51)39-45-27-35(47-39)31-19-15-29(16-20-31)30-17-21-32(22-18-30)36-28-46-40(48-36)44-52(24-26-56-44)42(54)38(50(3)4)34-13-9-6-10-14-34/h5-22,27-28,37-38,43-44H,23-26H2,1-4H3,(H,45,47)(H,46,48)/t37-,38-,43+,44+/m1/s1. The van der Waals surface area contributed by atoms with Gasteiger partial charge < -0.3 is 29.2 Å². The molecule has 4 heterocycles. The Bertz CT molecular complexity index is 2090. The van der Waals surface area contributed by atoms with Crippen LogP contribution in [-0.2, 0) is 19.1 Å². The second-order valence-electron chi connectivity index (χ2n) is 14.6. The van der Waals surface area contributed by atoms with E-state index in [1.807, 2.05) is 98.7 Å². The van der Waals surface area contributed by atoms with Gasteiger partial charge in [0.1, 0.15) is 12.1 Å². The molecular formula is C44H46N8O4. The Balaban J connectivity index is 0.930. The van der Waals surface area contributed by atoms with Gasteiger partial charge in [0, 0.05) is 13.1 Å². The molecule has 12 nitrogen and oxygen atoms in total. The Morgan fingerprint density at radius 3 is 1.29 bits per heavy atom. The van der Waals surface area contributed by atoms with Gasteiger partial charge in [0.25, 0.3) is 0 Å². The molecule has 6 aromatic rings. The first-order chi connectivity index (χ1) is 27.3. The number of imidazole rings is 2. The average molecular weight is 751 g/mol. The molecule has 2 saturated heterocycles. The van der Waals surface area contributed by atoms with Crippen LogP contribution in [0.5, 0.6) is 0 Å². The minimum Gasteiger partial charge on any atom is -0.349 e. The molecule has 0 radical (unpaired) electrons. The van der Waals surface area contributed by atoms with Crippen LogP contribution in [0.2, 0.25) is 0 Å². The van der Waals surface area contributed by atoms with E-state index in [9.17, 15) is 9.59 Å². The molecular weight excluding hydrogens is 705 g/mol. The highest BCUT2D eigenvalue weighted by molar-refractivity contribution is 5.84. The van der Waals surface area contributed by atoms with E-state index < -0.39 is 24.5 Å². The lowest BCUT2D eigenvalue weighted by molar-refractivity contribution is -0.142. The fraction of sp³-hybridized carbons (Fsp3) is 0.273. The number of H-pyrrole nitrogens is 2. The van der Waals surface area contributed by atoms with Crippen molar-refractivity contribution in [3.63, 3.8) is 0 Å². The Labute approximate surface area is 326 Å². The van der Waals surface area contributed by atoms with E-state index in [2.05, 4.69) is 68.5 Å². The zero-order chi connectivity index (χ0) is 38.8. The zero-order valence-corrected chi connectivity index (χ0v) is 32.0. The summed E-state index contributed by atoms with van der Waals surface area (Å²) < 4.78 is 12.1. The molecule has 2 aliphatic heterocycles. The van der Waals surface area contributed by atoms with Crippen molar-refractivity contribution >= 4 is 11.8 Å². The molecule has 286 valence electrons. The van der Waals surface area contributed by atoms with Crippen molar-refractivity contribution < 1.29 is 19.1 Å². The van der Waals surface area contributed by atoms with Crippen molar-refractivity contribution in [3.05, 3.63) is 144 Å². The molecule has 4 atom stereocenters. The molecule has 0 spiro atoms. The predicted octanol–water partition coefficient (Wildman–Crippen LogP) is 6.45. The molecule has 56 heavy (non-hydrogen) atoms. The normalized spacial score (nSPS) is 18.2. The average Bonchev–Trinajstić information content (AvgIpc) is 4.06. The first kappa shape index (κ1) is 37.0. The van der Waals surface area contributed by atoms with E-state index in [4.69, 9.17) is 9.47 Å². The summed E-state index contributed by atoms with van der Waals surface area (Å²) in [6, 6.07) is 35.3. The van der Waals surface area contributed by atoms with Gasteiger partial charge in [-0.3, -0.25) is 19.4 Å². The molecule has 2 amide bonds. The van der Waals surface area contributed by atoms with Crippen LogP contribution in [0, 0.1) is 0 Å². The number of carbonyl (C=O) groups excluding carboxylic acids is 2. The number of amides is 2. The minimum atomic E-state index is -0.589. The summed E-state index contributed by atoms with van der Waals surface area (Å²) in [5.74, 6) is 1.15. The van der Waals surface area contributed by atoms with Crippen LogP contribution in [0.15, 0.2) is 122 Å². The zero-order valence-electron chi connectivity index (χ0n) is 32.0. The van der Waals surface area contributed by atoms with Crippen LogP contribution in [0.4, 0.5) is 0 Å². The van der Waals surface area contributed by atoms with Crippen molar-refractivity contribution in [1.29, 1.82) is 0 Å². The molecule has 0 saturated carbocycles. The van der Waals surface area contributed by atoms with E-state index in [0.29, 0.717) is 38.0 Å². The van der Waals surface area contributed by atoms with Crippen molar-refractivity contribution in [3.8, 4) is 33.6 Å². The van der Waals surface area contributed by atoms with Crippen LogP contribution in [0.1, 0.15) is 47.3 Å². The predicted molar refractivity (Wildman–Crippen MR) is 214 cm³/mol. The van der Waals surface area contributed by atoms with E-state index >= 15 is 0 Å². The highest BCUT2D eigenvalue weighted by Gasteiger charge is 2.39. The lowest BCUT2D eigenvalue weighted by atomic mass is 10.0. The number of ether oxygens (including phenoxy) is 2. The van der Waals surface area contributed by atoms with Gasteiger partial charge in [0.15, 0.2) is 24.1 Å². The molecule has 2 fully saturated rings. The number of nitrogens with zero attached hydrogens (tertiary/aromatic N) is 6. The Kier molecular flexibility index (Phi) is 10.6. The number of aromatic amines is 2. The molecule has 4 aromatic carbocycles. The molecule has 0 bridgehead atoms. The lowest BCUT2D eigenvalue weighted by Crippen LogP contribution is -2.40. The van der Waals surface area contributed by atoms with Gasteiger partial charge in [-0.1, -0.05) is 109 Å². The summed E-state index contributed by atoms with van der Waals surface area (Å²) in [5.41, 5.74) is 7.65. The van der Waals surface area contributed by atoms with E-state index in [0.717, 1.165) is 44.8 Å². The first-order valence-electron chi connectivity index (χ1n) is 18.8. The highest BCUT2D eigenvalue weighted by atomic mass is 16.5. The number of hydrogen-bond donors (Lipinski definition) is 2. The molecule has 2 aliphatic rings. The number of aromatic nitrogens is 4. The maximum absolute atomic E-state index is 13.8. The molecule has 0 aliphatic carbocycles. The summed E-state index contributed by atoms with van der Waals surface area (Å²) >= 11 is 0. The number of benzene rings is 4. The van der Waals surface area contributed by atoms with Crippen molar-refractivity contribution in [2.75, 3.05) is 54.5 Å². The smallest absolute Gasteiger partial charge is 0.246 e. The third-order valence-corrected chi connectivity index (χ3v) is 10.5. The van der Waals surface area contributed by atoms with Gasteiger partial charge in [0.05, 0.1) is 37.0 Å². The van der Waals surface area contributed by atoms with Gasteiger partial charge in [-0.2, -0.15) is 0 Å². The van der Waals surface area contributed by atoms with Crippen LogP contribution >= 0.6 is 0 Å². The number of likely N-dealkylation sites (N-methyl/N-ethyl adjacent to an activating group) is 2. The van der Waals surface area contributed by atoms with E-state index in [1.54, 1.807) is 22.2 Å². The molecule has 2 aromatic heterocycles. The maximum Gasteiger partial charge on any atom is 0.246 e. The third kappa shape index (κ3) is 7.39.